The number of carbonyl (C=O) groups is 1. The minimum absolute atomic E-state index is 0.0323. The molecule has 0 unspecified atom stereocenters. The Balaban J connectivity index is 1.61. The quantitative estimate of drug-likeness (QED) is 0.563. The van der Waals surface area contributed by atoms with Crippen LogP contribution in [0.15, 0.2) is 52.4 Å². The van der Waals surface area contributed by atoms with Crippen LogP contribution in [0, 0.1) is 6.92 Å². The Morgan fingerprint density at radius 2 is 1.93 bits per heavy atom. The fraction of sp³-hybridized carbons (Fsp3) is 0.273. The van der Waals surface area contributed by atoms with Crippen molar-refractivity contribution in [2.45, 2.75) is 39.7 Å². The summed E-state index contributed by atoms with van der Waals surface area (Å²) in [6, 6.07) is 13.0. The zero-order chi connectivity index (χ0) is 19.7. The third-order valence-electron chi connectivity index (χ3n) is 5.09. The van der Waals surface area contributed by atoms with Crippen LogP contribution < -0.4 is 11.0 Å². The molecule has 2 aromatic carbocycles. The molecule has 1 amide bonds. The molecule has 4 rings (SSSR count). The molecule has 3 aromatic rings. The van der Waals surface area contributed by atoms with E-state index in [9.17, 15) is 9.59 Å². The highest BCUT2D eigenvalue weighted by Crippen LogP contribution is 2.16. The first-order valence-corrected chi connectivity index (χ1v) is 9.54. The number of aryl methyl sites for hydroxylation is 2. The number of nitrogens with one attached hydrogen (secondary N) is 1. The van der Waals surface area contributed by atoms with Gasteiger partial charge in [0, 0.05) is 18.5 Å². The SMILES string of the molecule is CC/C(=N/NC(=O)c1ccc2c(=O)n3c(nc2c1)CCC3)c1ccc(C)cc1. The number of aromatic nitrogens is 2. The third kappa shape index (κ3) is 3.33. The van der Waals surface area contributed by atoms with E-state index in [1.165, 1.54) is 5.56 Å². The molecule has 0 bridgehead atoms. The summed E-state index contributed by atoms with van der Waals surface area (Å²) in [5, 5.41) is 4.85. The van der Waals surface area contributed by atoms with Gasteiger partial charge >= 0.3 is 0 Å². The second-order valence-electron chi connectivity index (χ2n) is 7.04. The number of hydrogen-bond donors (Lipinski definition) is 1. The number of hydrazone groups is 1. The van der Waals surface area contributed by atoms with Gasteiger partial charge in [-0.3, -0.25) is 14.2 Å². The van der Waals surface area contributed by atoms with Crippen LogP contribution in [0.1, 0.15) is 47.1 Å². The van der Waals surface area contributed by atoms with Crippen LogP contribution in [-0.4, -0.2) is 21.2 Å². The van der Waals surface area contributed by atoms with E-state index in [-0.39, 0.29) is 11.5 Å². The molecular weight excluding hydrogens is 352 g/mol. The summed E-state index contributed by atoms with van der Waals surface area (Å²) in [4.78, 5) is 29.7. The van der Waals surface area contributed by atoms with E-state index in [2.05, 4.69) is 15.5 Å². The fourth-order valence-electron chi connectivity index (χ4n) is 3.50. The van der Waals surface area contributed by atoms with Crippen LogP contribution in [0.5, 0.6) is 0 Å². The number of carbonyl (C=O) groups excluding carboxylic acids is 1. The van der Waals surface area contributed by atoms with E-state index in [0.717, 1.165) is 29.9 Å². The van der Waals surface area contributed by atoms with Crippen LogP contribution in [-0.2, 0) is 13.0 Å². The van der Waals surface area contributed by atoms with Crippen LogP contribution in [0.2, 0.25) is 0 Å². The predicted molar refractivity (Wildman–Crippen MR) is 110 cm³/mol. The first kappa shape index (κ1) is 18.1. The van der Waals surface area contributed by atoms with Crippen molar-refractivity contribution in [3.05, 3.63) is 75.3 Å². The van der Waals surface area contributed by atoms with Gasteiger partial charge in [-0.05, 0) is 43.5 Å². The number of fused-ring (bicyclic) bond motifs is 2. The topological polar surface area (TPSA) is 76.3 Å². The van der Waals surface area contributed by atoms with E-state index < -0.39 is 0 Å². The standard InChI is InChI=1S/C22H22N4O2/c1-3-18(15-8-6-14(2)7-9-15)24-25-21(27)16-10-11-17-19(13-16)23-20-5-4-12-26(20)22(17)28/h6-11,13H,3-5,12H2,1-2H3,(H,25,27)/b24-18-. The van der Waals surface area contributed by atoms with Crippen molar-refractivity contribution in [1.82, 2.24) is 15.0 Å². The summed E-state index contributed by atoms with van der Waals surface area (Å²) < 4.78 is 1.72. The summed E-state index contributed by atoms with van der Waals surface area (Å²) in [6.45, 7) is 4.74. The zero-order valence-corrected chi connectivity index (χ0v) is 16.0. The molecule has 0 atom stereocenters. The predicted octanol–water partition coefficient (Wildman–Crippen LogP) is 3.20. The maximum Gasteiger partial charge on any atom is 0.271 e. The molecule has 2 heterocycles. The number of rotatable bonds is 4. The molecule has 1 aliphatic heterocycles. The number of amides is 1. The van der Waals surface area contributed by atoms with Crippen LogP contribution in [0.25, 0.3) is 10.9 Å². The molecule has 0 saturated heterocycles. The largest absolute Gasteiger partial charge is 0.296 e. The molecule has 1 N–H and O–H groups in total. The van der Waals surface area contributed by atoms with Gasteiger partial charge in [-0.1, -0.05) is 36.8 Å². The lowest BCUT2D eigenvalue weighted by molar-refractivity contribution is 0.0955. The second kappa shape index (κ2) is 7.38. The number of hydrogen-bond acceptors (Lipinski definition) is 4. The summed E-state index contributed by atoms with van der Waals surface area (Å²) in [6.07, 6.45) is 2.42. The smallest absolute Gasteiger partial charge is 0.271 e. The molecule has 0 saturated carbocycles. The molecule has 0 aliphatic carbocycles. The first-order chi connectivity index (χ1) is 13.6. The Morgan fingerprint density at radius 3 is 2.68 bits per heavy atom. The van der Waals surface area contributed by atoms with Crippen LogP contribution in [0.3, 0.4) is 0 Å². The van der Waals surface area contributed by atoms with Gasteiger partial charge in [0.05, 0.1) is 16.6 Å². The summed E-state index contributed by atoms with van der Waals surface area (Å²) >= 11 is 0. The Hall–Kier alpha value is -3.28. The summed E-state index contributed by atoms with van der Waals surface area (Å²) in [5.41, 5.74) is 6.56. The normalized spacial score (nSPS) is 13.6. The molecule has 0 radical (unpaired) electrons. The molecule has 6 heteroatoms. The van der Waals surface area contributed by atoms with Crippen molar-refractivity contribution in [3.8, 4) is 0 Å². The van der Waals surface area contributed by atoms with E-state index in [0.29, 0.717) is 29.4 Å². The minimum Gasteiger partial charge on any atom is -0.296 e. The van der Waals surface area contributed by atoms with Crippen molar-refractivity contribution in [2.75, 3.05) is 0 Å². The average molecular weight is 374 g/mol. The maximum absolute atomic E-state index is 12.6. The molecule has 1 aromatic heterocycles. The lowest BCUT2D eigenvalue weighted by Crippen LogP contribution is -2.22. The van der Waals surface area contributed by atoms with E-state index >= 15 is 0 Å². The number of benzene rings is 2. The fourth-order valence-corrected chi connectivity index (χ4v) is 3.50. The summed E-state index contributed by atoms with van der Waals surface area (Å²) in [7, 11) is 0. The third-order valence-corrected chi connectivity index (χ3v) is 5.09. The lowest BCUT2D eigenvalue weighted by Gasteiger charge is -2.08. The van der Waals surface area contributed by atoms with Gasteiger partial charge in [0.25, 0.3) is 11.5 Å². The van der Waals surface area contributed by atoms with Crippen molar-refractivity contribution in [1.29, 1.82) is 0 Å². The van der Waals surface area contributed by atoms with Gasteiger partial charge in [-0.2, -0.15) is 5.10 Å². The van der Waals surface area contributed by atoms with E-state index in [1.807, 2.05) is 38.1 Å². The Morgan fingerprint density at radius 1 is 1.18 bits per heavy atom. The van der Waals surface area contributed by atoms with Crippen molar-refractivity contribution in [3.63, 3.8) is 0 Å². The maximum atomic E-state index is 12.6. The molecule has 28 heavy (non-hydrogen) atoms. The minimum atomic E-state index is -0.317. The molecular formula is C22H22N4O2. The van der Waals surface area contributed by atoms with Crippen molar-refractivity contribution >= 4 is 22.5 Å². The highest BCUT2D eigenvalue weighted by molar-refractivity contribution is 6.02. The van der Waals surface area contributed by atoms with Gasteiger partial charge in [0.1, 0.15) is 5.82 Å². The zero-order valence-electron chi connectivity index (χ0n) is 16.0. The van der Waals surface area contributed by atoms with E-state index in [1.54, 1.807) is 22.8 Å². The number of nitrogens with zero attached hydrogens (tertiary/aromatic N) is 3. The molecule has 0 spiro atoms. The van der Waals surface area contributed by atoms with Gasteiger partial charge in [-0.15, -0.1) is 0 Å². The molecule has 142 valence electrons. The van der Waals surface area contributed by atoms with Crippen LogP contribution in [0.4, 0.5) is 0 Å². The first-order valence-electron chi connectivity index (χ1n) is 9.54. The lowest BCUT2D eigenvalue weighted by atomic mass is 10.1. The molecule has 6 nitrogen and oxygen atoms in total. The van der Waals surface area contributed by atoms with E-state index in [4.69, 9.17) is 0 Å². The average Bonchev–Trinajstić information content (AvgIpc) is 3.18. The van der Waals surface area contributed by atoms with Crippen LogP contribution >= 0.6 is 0 Å². The monoisotopic (exact) mass is 374 g/mol. The molecule has 0 fully saturated rings. The summed E-state index contributed by atoms with van der Waals surface area (Å²) in [5.74, 6) is 0.475. The van der Waals surface area contributed by atoms with Gasteiger partial charge in [0.15, 0.2) is 0 Å². The molecule has 1 aliphatic rings. The highest BCUT2D eigenvalue weighted by Gasteiger charge is 2.17. The van der Waals surface area contributed by atoms with Gasteiger partial charge in [-0.25, -0.2) is 10.4 Å². The highest BCUT2D eigenvalue weighted by atomic mass is 16.2. The second-order valence-corrected chi connectivity index (χ2v) is 7.04. The Labute approximate surface area is 162 Å². The Bertz CT molecular complexity index is 1140. The van der Waals surface area contributed by atoms with Gasteiger partial charge in [0.2, 0.25) is 0 Å². The van der Waals surface area contributed by atoms with Gasteiger partial charge < -0.3 is 0 Å². The van der Waals surface area contributed by atoms with Crippen molar-refractivity contribution in [2.24, 2.45) is 5.10 Å². The van der Waals surface area contributed by atoms with Crippen molar-refractivity contribution < 1.29 is 4.79 Å². The Kier molecular flexibility index (Phi) is 4.77.